The quantitative estimate of drug-likeness (QED) is 0.617. The van der Waals surface area contributed by atoms with Crippen molar-refractivity contribution >= 4 is 0 Å². The van der Waals surface area contributed by atoms with Crippen molar-refractivity contribution in [1.29, 1.82) is 0 Å². The number of fused-ring (bicyclic) bond motifs is 1. The van der Waals surface area contributed by atoms with E-state index in [1.165, 1.54) is 6.07 Å². The number of phenolic OH excluding ortho intramolecular Hbond substituents is 3. The third-order valence-electron chi connectivity index (χ3n) is 4.47. The second-order valence-electron chi connectivity index (χ2n) is 7.49. The minimum absolute atomic E-state index is 0.127. The van der Waals surface area contributed by atoms with Gasteiger partial charge in [0.25, 0.3) is 5.56 Å². The molecule has 0 saturated carbocycles. The van der Waals surface area contributed by atoms with Crippen LogP contribution in [0.1, 0.15) is 43.4 Å². The number of nitrogens with zero attached hydrogens (tertiary/aromatic N) is 2. The highest BCUT2D eigenvalue weighted by molar-refractivity contribution is 5.53. The molecule has 134 valence electrons. The number of aromatic hydroxyl groups is 3. The van der Waals surface area contributed by atoms with E-state index in [0.29, 0.717) is 43.0 Å². The number of phenols is 3. The second kappa shape index (κ2) is 6.07. The molecule has 0 unspecified atom stereocenters. The van der Waals surface area contributed by atoms with Crippen LogP contribution in [-0.2, 0) is 24.9 Å². The molecule has 0 saturated heterocycles. The molecular weight excluding hydrogens is 322 g/mol. The van der Waals surface area contributed by atoms with Gasteiger partial charge < -0.3 is 20.3 Å². The summed E-state index contributed by atoms with van der Waals surface area (Å²) < 4.78 is 0. The predicted molar refractivity (Wildman–Crippen MR) is 92.8 cm³/mol. The Labute approximate surface area is 145 Å². The number of hydrogen-bond acceptors (Lipinski definition) is 6. The van der Waals surface area contributed by atoms with Crippen LogP contribution in [0.2, 0.25) is 0 Å². The maximum Gasteiger partial charge on any atom is 0.255 e. The third kappa shape index (κ3) is 3.32. The molecule has 1 aliphatic rings. The summed E-state index contributed by atoms with van der Waals surface area (Å²) >= 11 is 0. The summed E-state index contributed by atoms with van der Waals surface area (Å²) in [5.41, 5.74) is 1.61. The molecule has 0 bridgehead atoms. The molecule has 0 aliphatic carbocycles. The topological polar surface area (TPSA) is 110 Å². The number of aromatic amines is 1. The number of hydrogen-bond donors (Lipinski definition) is 4. The molecule has 0 radical (unpaired) electrons. The Balaban J connectivity index is 1.85. The Morgan fingerprint density at radius 1 is 1.20 bits per heavy atom. The molecule has 0 spiro atoms. The Bertz CT molecular complexity index is 868. The highest BCUT2D eigenvalue weighted by atomic mass is 16.3. The molecule has 7 heteroatoms. The lowest BCUT2D eigenvalue weighted by Crippen LogP contribution is -2.37. The van der Waals surface area contributed by atoms with E-state index in [1.54, 1.807) is 6.07 Å². The van der Waals surface area contributed by atoms with Crippen molar-refractivity contribution in [1.82, 2.24) is 14.9 Å². The minimum Gasteiger partial charge on any atom is -0.504 e. The first-order valence-electron chi connectivity index (χ1n) is 8.24. The van der Waals surface area contributed by atoms with Crippen LogP contribution >= 0.6 is 0 Å². The lowest BCUT2D eigenvalue weighted by molar-refractivity contribution is 0.236. The summed E-state index contributed by atoms with van der Waals surface area (Å²) in [5.74, 6) is -0.531. The molecule has 4 N–H and O–H groups in total. The van der Waals surface area contributed by atoms with Gasteiger partial charge in [0, 0.05) is 37.0 Å². The summed E-state index contributed by atoms with van der Waals surface area (Å²) in [6.07, 6.45) is 0.646. The molecule has 0 atom stereocenters. The summed E-state index contributed by atoms with van der Waals surface area (Å²) in [4.78, 5) is 21.9. The van der Waals surface area contributed by atoms with Gasteiger partial charge in [-0.05, 0) is 6.07 Å². The van der Waals surface area contributed by atoms with E-state index in [1.807, 2.05) is 25.7 Å². The zero-order chi connectivity index (χ0) is 18.4. The summed E-state index contributed by atoms with van der Waals surface area (Å²) in [7, 11) is 0. The van der Waals surface area contributed by atoms with Crippen LogP contribution in [0, 0.1) is 0 Å². The van der Waals surface area contributed by atoms with E-state index in [4.69, 9.17) is 0 Å². The van der Waals surface area contributed by atoms with Gasteiger partial charge in [-0.3, -0.25) is 9.69 Å². The maximum absolute atomic E-state index is 12.5. The summed E-state index contributed by atoms with van der Waals surface area (Å²) in [5, 5.41) is 29.0. The average molecular weight is 345 g/mol. The zero-order valence-corrected chi connectivity index (χ0v) is 14.6. The average Bonchev–Trinajstić information content (AvgIpc) is 2.55. The van der Waals surface area contributed by atoms with Crippen LogP contribution < -0.4 is 5.56 Å². The largest absolute Gasteiger partial charge is 0.504 e. The Hall–Kier alpha value is -2.54. The molecule has 2 aromatic rings. The Kier molecular flexibility index (Phi) is 4.20. The fourth-order valence-electron chi connectivity index (χ4n) is 2.95. The third-order valence-corrected chi connectivity index (χ3v) is 4.47. The molecule has 25 heavy (non-hydrogen) atoms. The number of nitrogens with one attached hydrogen (secondary N) is 1. The molecule has 1 aromatic heterocycles. The van der Waals surface area contributed by atoms with E-state index < -0.39 is 5.75 Å². The molecule has 0 fully saturated rings. The SMILES string of the molecule is CC(C)(C)c1nc2c(c(=O)[nH]1)CN(Cc1ccc(O)c(O)c1O)CC2. The van der Waals surface area contributed by atoms with Gasteiger partial charge in [0.2, 0.25) is 5.75 Å². The number of rotatable bonds is 2. The number of H-pyrrole nitrogens is 1. The van der Waals surface area contributed by atoms with Crippen LogP contribution in [0.4, 0.5) is 0 Å². The molecular formula is C18H23N3O4. The zero-order valence-electron chi connectivity index (χ0n) is 14.6. The fraction of sp³-hybridized carbons (Fsp3) is 0.444. The molecule has 3 rings (SSSR count). The molecule has 0 amide bonds. The predicted octanol–water partition coefficient (Wildman–Crippen LogP) is 1.74. The first-order valence-corrected chi connectivity index (χ1v) is 8.24. The molecule has 1 aliphatic heterocycles. The van der Waals surface area contributed by atoms with Crippen molar-refractivity contribution < 1.29 is 15.3 Å². The lowest BCUT2D eigenvalue weighted by atomic mass is 9.95. The van der Waals surface area contributed by atoms with Gasteiger partial charge in [0.15, 0.2) is 11.5 Å². The number of aromatic nitrogens is 2. The van der Waals surface area contributed by atoms with Gasteiger partial charge in [-0.25, -0.2) is 4.98 Å². The van der Waals surface area contributed by atoms with E-state index in [2.05, 4.69) is 9.97 Å². The van der Waals surface area contributed by atoms with Gasteiger partial charge in [0.05, 0.1) is 11.3 Å². The highest BCUT2D eigenvalue weighted by Crippen LogP contribution is 2.37. The molecule has 2 heterocycles. The van der Waals surface area contributed by atoms with Crippen LogP contribution in [0.25, 0.3) is 0 Å². The van der Waals surface area contributed by atoms with Gasteiger partial charge in [0.1, 0.15) is 5.82 Å². The van der Waals surface area contributed by atoms with Gasteiger partial charge in [-0.2, -0.15) is 0 Å². The van der Waals surface area contributed by atoms with E-state index >= 15 is 0 Å². The van der Waals surface area contributed by atoms with Crippen molar-refractivity contribution in [2.24, 2.45) is 0 Å². The van der Waals surface area contributed by atoms with Crippen molar-refractivity contribution in [3.8, 4) is 17.2 Å². The summed E-state index contributed by atoms with van der Waals surface area (Å²) in [6, 6.07) is 2.90. The molecule has 1 aromatic carbocycles. The Morgan fingerprint density at radius 3 is 2.60 bits per heavy atom. The van der Waals surface area contributed by atoms with Crippen LogP contribution in [0.5, 0.6) is 17.2 Å². The van der Waals surface area contributed by atoms with Crippen molar-refractivity contribution in [3.05, 3.63) is 45.1 Å². The van der Waals surface area contributed by atoms with Gasteiger partial charge >= 0.3 is 0 Å². The maximum atomic E-state index is 12.5. The number of benzene rings is 1. The van der Waals surface area contributed by atoms with Gasteiger partial charge in [-0.1, -0.05) is 26.8 Å². The monoisotopic (exact) mass is 345 g/mol. The van der Waals surface area contributed by atoms with Crippen molar-refractivity contribution in [2.75, 3.05) is 6.54 Å². The van der Waals surface area contributed by atoms with Crippen LogP contribution in [0.3, 0.4) is 0 Å². The smallest absolute Gasteiger partial charge is 0.255 e. The first kappa shape index (κ1) is 17.3. The fourth-order valence-corrected chi connectivity index (χ4v) is 2.95. The van der Waals surface area contributed by atoms with E-state index in [-0.39, 0.29) is 22.5 Å². The standard InChI is InChI=1S/C18H23N3O4/c1-18(2,3)17-19-12-6-7-21(9-11(12)16(25)20-17)8-10-4-5-13(22)15(24)14(10)23/h4-5,22-24H,6-9H2,1-3H3,(H,19,20,25). The van der Waals surface area contributed by atoms with Gasteiger partial charge in [-0.15, -0.1) is 0 Å². The lowest BCUT2D eigenvalue weighted by Gasteiger charge is -2.29. The van der Waals surface area contributed by atoms with E-state index in [9.17, 15) is 20.1 Å². The van der Waals surface area contributed by atoms with Crippen LogP contribution in [-0.4, -0.2) is 36.7 Å². The molecule has 7 nitrogen and oxygen atoms in total. The highest BCUT2D eigenvalue weighted by Gasteiger charge is 2.25. The van der Waals surface area contributed by atoms with Crippen molar-refractivity contribution in [2.45, 2.75) is 45.7 Å². The Morgan fingerprint density at radius 2 is 1.92 bits per heavy atom. The first-order chi connectivity index (χ1) is 11.7. The minimum atomic E-state index is -0.524. The van der Waals surface area contributed by atoms with Crippen molar-refractivity contribution in [3.63, 3.8) is 0 Å². The summed E-state index contributed by atoms with van der Waals surface area (Å²) in [6.45, 7) is 7.49. The second-order valence-corrected chi connectivity index (χ2v) is 7.49. The van der Waals surface area contributed by atoms with E-state index in [0.717, 1.165) is 5.69 Å². The normalized spacial score (nSPS) is 15.2. The van der Waals surface area contributed by atoms with Crippen LogP contribution in [0.15, 0.2) is 16.9 Å².